The van der Waals surface area contributed by atoms with E-state index in [0.29, 0.717) is 0 Å². The number of fused-ring (bicyclic) bond motifs is 1. The first-order valence-corrected chi connectivity index (χ1v) is 5.94. The fourth-order valence-corrected chi connectivity index (χ4v) is 2.05. The van der Waals surface area contributed by atoms with Gasteiger partial charge < -0.3 is 14.3 Å². The van der Waals surface area contributed by atoms with Crippen LogP contribution in [0.5, 0.6) is 0 Å². The van der Waals surface area contributed by atoms with Crippen molar-refractivity contribution in [2.24, 2.45) is 0 Å². The average molecular weight is 241 g/mol. The number of imidazole rings is 2. The molecule has 0 saturated heterocycles. The van der Waals surface area contributed by atoms with Crippen molar-refractivity contribution in [3.63, 3.8) is 0 Å². The van der Waals surface area contributed by atoms with E-state index in [1.807, 2.05) is 48.2 Å². The molecule has 0 aromatic carbocycles. The van der Waals surface area contributed by atoms with Gasteiger partial charge in [-0.15, -0.1) is 0 Å². The average Bonchev–Trinajstić information content (AvgIpc) is 2.97. The van der Waals surface area contributed by atoms with Crippen molar-refractivity contribution in [1.29, 1.82) is 0 Å². The van der Waals surface area contributed by atoms with Crippen molar-refractivity contribution >= 4 is 5.65 Å². The Bertz CT molecular complexity index is 619. The topological polar surface area (TPSA) is 47.2 Å². The molecule has 0 amide bonds. The Morgan fingerprint density at radius 2 is 2.22 bits per heavy atom. The van der Waals surface area contributed by atoms with Crippen molar-refractivity contribution in [3.8, 4) is 0 Å². The van der Waals surface area contributed by atoms with E-state index in [1.165, 1.54) is 0 Å². The third-order valence-electron chi connectivity index (χ3n) is 2.88. The zero-order valence-corrected chi connectivity index (χ0v) is 10.2. The molecule has 0 bridgehead atoms. The first-order chi connectivity index (χ1) is 8.86. The van der Waals surface area contributed by atoms with E-state index >= 15 is 0 Å². The maximum absolute atomic E-state index is 4.58. The van der Waals surface area contributed by atoms with Gasteiger partial charge in [-0.25, -0.2) is 9.97 Å². The normalized spacial score (nSPS) is 11.2. The summed E-state index contributed by atoms with van der Waals surface area (Å²) in [5, 5.41) is 3.11. The molecule has 0 unspecified atom stereocenters. The first kappa shape index (κ1) is 11.0. The minimum atomic E-state index is 0.749. The zero-order chi connectivity index (χ0) is 12.4. The number of rotatable bonds is 4. The molecule has 92 valence electrons. The summed E-state index contributed by atoms with van der Waals surface area (Å²) >= 11 is 0. The van der Waals surface area contributed by atoms with Crippen molar-refractivity contribution in [1.82, 2.24) is 24.3 Å². The van der Waals surface area contributed by atoms with E-state index in [1.54, 1.807) is 0 Å². The van der Waals surface area contributed by atoms with Crippen LogP contribution in [0.4, 0.5) is 0 Å². The summed E-state index contributed by atoms with van der Waals surface area (Å²) in [5.41, 5.74) is 2.01. The van der Waals surface area contributed by atoms with Crippen molar-refractivity contribution < 1.29 is 0 Å². The van der Waals surface area contributed by atoms with Crippen LogP contribution in [-0.4, -0.2) is 26.0 Å². The first-order valence-electron chi connectivity index (χ1n) is 5.94. The molecule has 0 radical (unpaired) electrons. The largest absolute Gasteiger partial charge is 0.328 e. The summed E-state index contributed by atoms with van der Waals surface area (Å²) in [5.74, 6) is 1.02. The number of hydrogen-bond acceptors (Lipinski definition) is 3. The van der Waals surface area contributed by atoms with Crippen LogP contribution in [0.25, 0.3) is 5.65 Å². The Morgan fingerprint density at radius 1 is 1.28 bits per heavy atom. The van der Waals surface area contributed by atoms with Crippen LogP contribution in [0.15, 0.2) is 43.0 Å². The number of aromatic nitrogens is 4. The fourth-order valence-electron chi connectivity index (χ4n) is 2.05. The maximum atomic E-state index is 4.58. The quantitative estimate of drug-likeness (QED) is 0.749. The lowest BCUT2D eigenvalue weighted by Gasteiger charge is -2.04. The van der Waals surface area contributed by atoms with Gasteiger partial charge in [0.25, 0.3) is 0 Å². The lowest BCUT2D eigenvalue weighted by molar-refractivity contribution is 0.667. The second-order valence-electron chi connectivity index (χ2n) is 4.20. The zero-order valence-electron chi connectivity index (χ0n) is 10.2. The maximum Gasteiger partial charge on any atom is 0.137 e. The second-order valence-corrected chi connectivity index (χ2v) is 4.20. The lowest BCUT2D eigenvalue weighted by Crippen LogP contribution is -2.12. The molecule has 3 heterocycles. The molecule has 0 saturated carbocycles. The summed E-state index contributed by atoms with van der Waals surface area (Å²) in [4.78, 5) is 8.90. The molecular weight excluding hydrogens is 226 g/mol. The predicted octanol–water partition coefficient (Wildman–Crippen LogP) is 1.30. The van der Waals surface area contributed by atoms with Crippen LogP contribution in [0.3, 0.4) is 0 Å². The molecule has 0 aliphatic heterocycles. The Balaban J connectivity index is 1.89. The predicted molar refractivity (Wildman–Crippen MR) is 69.3 cm³/mol. The van der Waals surface area contributed by atoms with Gasteiger partial charge in [0.15, 0.2) is 0 Å². The Morgan fingerprint density at radius 3 is 3.06 bits per heavy atom. The summed E-state index contributed by atoms with van der Waals surface area (Å²) in [6.07, 6.45) is 7.87. The summed E-state index contributed by atoms with van der Waals surface area (Å²) in [7, 11) is 1.92. The van der Waals surface area contributed by atoms with E-state index in [-0.39, 0.29) is 0 Å². The molecule has 1 N–H and O–H groups in total. The van der Waals surface area contributed by atoms with Crippen LogP contribution in [-0.2, 0) is 13.1 Å². The highest BCUT2D eigenvalue weighted by Crippen LogP contribution is 2.07. The second kappa shape index (κ2) is 4.62. The van der Waals surface area contributed by atoms with Gasteiger partial charge in [-0.05, 0) is 19.2 Å². The molecule has 5 nitrogen and oxygen atoms in total. The molecule has 0 aliphatic carbocycles. The van der Waals surface area contributed by atoms with Crippen molar-refractivity contribution in [2.75, 3.05) is 7.05 Å². The minimum absolute atomic E-state index is 0.749. The molecule has 3 aromatic heterocycles. The van der Waals surface area contributed by atoms with E-state index < -0.39 is 0 Å². The number of hydrogen-bond donors (Lipinski definition) is 1. The van der Waals surface area contributed by atoms with Crippen LogP contribution < -0.4 is 5.32 Å². The van der Waals surface area contributed by atoms with E-state index in [4.69, 9.17) is 0 Å². The highest BCUT2D eigenvalue weighted by Gasteiger charge is 2.05. The highest BCUT2D eigenvalue weighted by molar-refractivity contribution is 5.39. The summed E-state index contributed by atoms with van der Waals surface area (Å²) < 4.78 is 4.14. The Labute approximate surface area is 105 Å². The number of nitrogens with zero attached hydrogens (tertiary/aromatic N) is 4. The number of nitrogens with one attached hydrogen (secondary N) is 1. The van der Waals surface area contributed by atoms with Crippen LogP contribution in [0.2, 0.25) is 0 Å². The third-order valence-corrected chi connectivity index (χ3v) is 2.88. The van der Waals surface area contributed by atoms with Gasteiger partial charge in [0.1, 0.15) is 11.5 Å². The number of pyridine rings is 1. The monoisotopic (exact) mass is 241 g/mol. The van der Waals surface area contributed by atoms with Gasteiger partial charge in [-0.1, -0.05) is 6.07 Å². The van der Waals surface area contributed by atoms with Gasteiger partial charge in [-0.2, -0.15) is 0 Å². The van der Waals surface area contributed by atoms with Crippen LogP contribution in [0, 0.1) is 0 Å². The van der Waals surface area contributed by atoms with E-state index in [2.05, 4.69) is 26.0 Å². The van der Waals surface area contributed by atoms with Gasteiger partial charge in [0, 0.05) is 24.8 Å². The Kier molecular flexibility index (Phi) is 2.82. The molecule has 3 rings (SSSR count). The standard InChI is InChI=1S/C13H15N5/c1-14-8-13-15-5-7-18(13)10-11-9-17-6-3-2-4-12(17)16-11/h2-7,9,14H,8,10H2,1H3. The van der Waals surface area contributed by atoms with Gasteiger partial charge in [0.2, 0.25) is 0 Å². The van der Waals surface area contributed by atoms with Gasteiger partial charge in [-0.3, -0.25) is 0 Å². The molecule has 5 heteroatoms. The SMILES string of the molecule is CNCc1nccn1Cc1cn2ccccc2n1. The molecule has 0 fully saturated rings. The fraction of sp³-hybridized carbons (Fsp3) is 0.231. The molecule has 0 aliphatic rings. The highest BCUT2D eigenvalue weighted by atomic mass is 15.1. The van der Waals surface area contributed by atoms with E-state index in [0.717, 1.165) is 30.3 Å². The molecule has 0 spiro atoms. The van der Waals surface area contributed by atoms with Crippen LogP contribution in [0.1, 0.15) is 11.5 Å². The molecule has 3 aromatic rings. The van der Waals surface area contributed by atoms with Crippen molar-refractivity contribution in [3.05, 3.63) is 54.5 Å². The lowest BCUT2D eigenvalue weighted by atomic mass is 10.4. The third kappa shape index (κ3) is 2.00. The van der Waals surface area contributed by atoms with E-state index in [9.17, 15) is 0 Å². The molecule has 0 atom stereocenters. The minimum Gasteiger partial charge on any atom is -0.328 e. The van der Waals surface area contributed by atoms with Gasteiger partial charge in [0.05, 0.1) is 18.8 Å². The molecular formula is C13H15N5. The van der Waals surface area contributed by atoms with Crippen LogP contribution >= 0.6 is 0 Å². The summed E-state index contributed by atoms with van der Waals surface area (Å²) in [6, 6.07) is 6.00. The Hall–Kier alpha value is -2.14. The smallest absolute Gasteiger partial charge is 0.137 e. The van der Waals surface area contributed by atoms with Gasteiger partial charge >= 0.3 is 0 Å². The summed E-state index contributed by atoms with van der Waals surface area (Å²) in [6.45, 7) is 1.51. The molecule has 18 heavy (non-hydrogen) atoms. The van der Waals surface area contributed by atoms with Crippen molar-refractivity contribution in [2.45, 2.75) is 13.1 Å².